The highest BCUT2D eigenvalue weighted by Gasteiger charge is 2.31. The number of nitrogens with zero attached hydrogens (tertiary/aromatic N) is 4. The largest absolute Gasteiger partial charge is 0.355 e. The Morgan fingerprint density at radius 2 is 2.07 bits per heavy atom. The number of halogens is 1. The Morgan fingerprint density at radius 3 is 2.78 bits per heavy atom. The standard InChI is InChI=1S/C18H26N6O2.ClH/c1-11-9-12(2)24-16(21-11)15(13(3)22-24)18(26)23-8-4-5-14(10-23)17(25)20-7-6-19;/h9,14H,4-8,10,19H2,1-3H3,(H,20,25);1H. The average Bonchev–Trinajstić information content (AvgIpc) is 2.95. The highest BCUT2D eigenvalue weighted by Crippen LogP contribution is 2.23. The molecule has 2 aromatic rings. The van der Waals surface area contributed by atoms with Crippen LogP contribution in [0.25, 0.3) is 5.65 Å². The lowest BCUT2D eigenvalue weighted by atomic mass is 9.96. The highest BCUT2D eigenvalue weighted by atomic mass is 35.5. The molecule has 1 saturated heterocycles. The molecule has 1 aliphatic heterocycles. The van der Waals surface area contributed by atoms with Crippen LogP contribution in [0.3, 0.4) is 0 Å². The molecule has 0 spiro atoms. The molecule has 1 atom stereocenters. The van der Waals surface area contributed by atoms with Gasteiger partial charge in [0.05, 0.1) is 11.6 Å². The van der Waals surface area contributed by atoms with Crippen molar-refractivity contribution in [2.75, 3.05) is 26.2 Å². The highest BCUT2D eigenvalue weighted by molar-refractivity contribution is 6.01. The molecule has 1 fully saturated rings. The Balaban J connectivity index is 0.00000261. The molecule has 1 aliphatic rings. The molecule has 9 heteroatoms. The van der Waals surface area contributed by atoms with E-state index < -0.39 is 0 Å². The van der Waals surface area contributed by atoms with E-state index >= 15 is 0 Å². The van der Waals surface area contributed by atoms with Gasteiger partial charge >= 0.3 is 0 Å². The van der Waals surface area contributed by atoms with Gasteiger partial charge in [0, 0.05) is 37.6 Å². The Labute approximate surface area is 164 Å². The van der Waals surface area contributed by atoms with Gasteiger partial charge in [-0.25, -0.2) is 9.50 Å². The van der Waals surface area contributed by atoms with Crippen LogP contribution in [0.2, 0.25) is 0 Å². The maximum absolute atomic E-state index is 13.2. The van der Waals surface area contributed by atoms with E-state index in [1.165, 1.54) is 0 Å². The summed E-state index contributed by atoms with van der Waals surface area (Å²) in [5.41, 5.74) is 9.00. The molecule has 3 heterocycles. The molecule has 27 heavy (non-hydrogen) atoms. The van der Waals surface area contributed by atoms with Crippen LogP contribution in [0.1, 0.15) is 40.3 Å². The number of aromatic nitrogens is 3. The van der Waals surface area contributed by atoms with Gasteiger partial charge in [-0.05, 0) is 39.7 Å². The number of hydrogen-bond acceptors (Lipinski definition) is 5. The number of nitrogens with two attached hydrogens (primary N) is 1. The van der Waals surface area contributed by atoms with Crippen molar-refractivity contribution in [2.24, 2.45) is 11.7 Å². The van der Waals surface area contributed by atoms with Gasteiger partial charge in [-0.3, -0.25) is 9.59 Å². The second kappa shape index (κ2) is 8.67. The number of aryl methyl sites for hydroxylation is 3. The molecule has 3 rings (SSSR count). The second-order valence-corrected chi connectivity index (χ2v) is 6.90. The first-order chi connectivity index (χ1) is 12.4. The molecule has 1 unspecified atom stereocenters. The summed E-state index contributed by atoms with van der Waals surface area (Å²) in [5.74, 6) is -0.335. The Hall–Kier alpha value is -2.19. The van der Waals surface area contributed by atoms with Gasteiger partial charge in [0.15, 0.2) is 5.65 Å². The van der Waals surface area contributed by atoms with Crippen molar-refractivity contribution < 1.29 is 9.59 Å². The Kier molecular flexibility index (Phi) is 6.78. The van der Waals surface area contributed by atoms with Gasteiger partial charge in [-0.1, -0.05) is 0 Å². The Bertz CT molecular complexity index is 850. The van der Waals surface area contributed by atoms with E-state index in [4.69, 9.17) is 5.73 Å². The van der Waals surface area contributed by atoms with Crippen LogP contribution in [0.15, 0.2) is 6.07 Å². The first-order valence-corrected chi connectivity index (χ1v) is 9.03. The zero-order chi connectivity index (χ0) is 18.8. The first kappa shape index (κ1) is 21.1. The predicted molar refractivity (Wildman–Crippen MR) is 105 cm³/mol. The lowest BCUT2D eigenvalue weighted by Crippen LogP contribution is -2.46. The van der Waals surface area contributed by atoms with Crippen LogP contribution in [-0.4, -0.2) is 57.5 Å². The van der Waals surface area contributed by atoms with Gasteiger partial charge in [-0.2, -0.15) is 5.10 Å². The number of carbonyl (C=O) groups excluding carboxylic acids is 2. The summed E-state index contributed by atoms with van der Waals surface area (Å²) in [4.78, 5) is 31.7. The number of amides is 2. The number of nitrogens with one attached hydrogen (secondary N) is 1. The zero-order valence-electron chi connectivity index (χ0n) is 16.0. The molecule has 0 radical (unpaired) electrons. The van der Waals surface area contributed by atoms with Gasteiger partial charge in [0.1, 0.15) is 5.56 Å². The van der Waals surface area contributed by atoms with Crippen LogP contribution in [0.4, 0.5) is 0 Å². The first-order valence-electron chi connectivity index (χ1n) is 9.03. The molecule has 3 N–H and O–H groups in total. The normalized spacial score (nSPS) is 16.9. The van der Waals surface area contributed by atoms with Crippen molar-refractivity contribution in [3.8, 4) is 0 Å². The molecule has 148 valence electrons. The lowest BCUT2D eigenvalue weighted by Gasteiger charge is -2.32. The van der Waals surface area contributed by atoms with E-state index in [-0.39, 0.29) is 30.1 Å². The quantitative estimate of drug-likeness (QED) is 0.804. The smallest absolute Gasteiger partial charge is 0.259 e. The molecule has 0 aliphatic carbocycles. The molecule has 0 aromatic carbocycles. The van der Waals surface area contributed by atoms with Gasteiger partial charge < -0.3 is 16.0 Å². The summed E-state index contributed by atoms with van der Waals surface area (Å²) in [6.45, 7) is 7.60. The van der Waals surface area contributed by atoms with E-state index in [0.29, 0.717) is 43.1 Å². The summed E-state index contributed by atoms with van der Waals surface area (Å²) in [7, 11) is 0. The summed E-state index contributed by atoms with van der Waals surface area (Å²) >= 11 is 0. The van der Waals surface area contributed by atoms with Crippen LogP contribution < -0.4 is 11.1 Å². The number of likely N-dealkylation sites (tertiary alicyclic amines) is 1. The van der Waals surface area contributed by atoms with Crippen molar-refractivity contribution in [3.05, 3.63) is 28.7 Å². The second-order valence-electron chi connectivity index (χ2n) is 6.90. The molecular formula is C18H27ClN6O2. The number of rotatable bonds is 4. The topological polar surface area (TPSA) is 106 Å². The van der Waals surface area contributed by atoms with E-state index in [9.17, 15) is 9.59 Å². The lowest BCUT2D eigenvalue weighted by molar-refractivity contribution is -0.126. The van der Waals surface area contributed by atoms with Gasteiger partial charge in [0.25, 0.3) is 5.91 Å². The summed E-state index contributed by atoms with van der Waals surface area (Å²) in [6.07, 6.45) is 1.58. The number of hydrogen-bond donors (Lipinski definition) is 2. The van der Waals surface area contributed by atoms with Gasteiger partial charge in [-0.15, -0.1) is 12.4 Å². The number of carbonyl (C=O) groups is 2. The molecule has 2 amide bonds. The fourth-order valence-electron chi connectivity index (χ4n) is 3.55. The molecule has 0 saturated carbocycles. The predicted octanol–water partition coefficient (Wildman–Crippen LogP) is 1.00. The molecular weight excluding hydrogens is 368 g/mol. The van der Waals surface area contributed by atoms with Crippen LogP contribution >= 0.6 is 12.4 Å². The minimum Gasteiger partial charge on any atom is -0.355 e. The molecule has 8 nitrogen and oxygen atoms in total. The minimum atomic E-state index is -0.196. The van der Waals surface area contributed by atoms with Crippen LogP contribution in [0.5, 0.6) is 0 Å². The Morgan fingerprint density at radius 1 is 1.33 bits per heavy atom. The maximum atomic E-state index is 13.2. The van der Waals surface area contributed by atoms with Crippen molar-refractivity contribution >= 4 is 29.9 Å². The maximum Gasteiger partial charge on any atom is 0.259 e. The van der Waals surface area contributed by atoms with Crippen LogP contribution in [0, 0.1) is 26.7 Å². The number of fused-ring (bicyclic) bond motifs is 1. The van der Waals surface area contributed by atoms with E-state index in [1.807, 2.05) is 26.8 Å². The third-order valence-electron chi connectivity index (χ3n) is 4.81. The number of piperidine rings is 1. The van der Waals surface area contributed by atoms with Crippen molar-refractivity contribution in [1.29, 1.82) is 0 Å². The summed E-state index contributed by atoms with van der Waals surface area (Å²) in [6, 6.07) is 1.94. The monoisotopic (exact) mass is 394 g/mol. The summed E-state index contributed by atoms with van der Waals surface area (Å²) in [5, 5.41) is 7.30. The van der Waals surface area contributed by atoms with E-state index in [1.54, 1.807) is 9.42 Å². The van der Waals surface area contributed by atoms with Gasteiger partial charge in [0.2, 0.25) is 5.91 Å². The van der Waals surface area contributed by atoms with Crippen LogP contribution in [-0.2, 0) is 4.79 Å². The third kappa shape index (κ3) is 4.22. The minimum absolute atomic E-state index is 0. The van der Waals surface area contributed by atoms with Crippen molar-refractivity contribution in [1.82, 2.24) is 24.8 Å². The third-order valence-corrected chi connectivity index (χ3v) is 4.81. The summed E-state index contributed by atoms with van der Waals surface area (Å²) < 4.78 is 1.71. The fraction of sp³-hybridized carbons (Fsp3) is 0.556. The average molecular weight is 395 g/mol. The fourth-order valence-corrected chi connectivity index (χ4v) is 3.55. The molecule has 2 aromatic heterocycles. The van der Waals surface area contributed by atoms with E-state index in [0.717, 1.165) is 24.2 Å². The molecule has 0 bridgehead atoms. The zero-order valence-corrected chi connectivity index (χ0v) is 16.8. The van der Waals surface area contributed by atoms with E-state index in [2.05, 4.69) is 15.4 Å². The SMILES string of the molecule is Cc1cc(C)n2nc(C)c(C(=O)N3CCCC(C(=O)NCCN)C3)c2n1.Cl. The van der Waals surface area contributed by atoms with Crippen molar-refractivity contribution in [3.63, 3.8) is 0 Å². The van der Waals surface area contributed by atoms with Crippen molar-refractivity contribution in [2.45, 2.75) is 33.6 Å².